The number of aromatic nitrogens is 2. The van der Waals surface area contributed by atoms with Gasteiger partial charge in [-0.1, -0.05) is 12.1 Å². The van der Waals surface area contributed by atoms with E-state index < -0.39 is 5.97 Å². The number of pyridine rings is 2. The Hall–Kier alpha value is -3.15. The molecule has 0 aliphatic rings. The van der Waals surface area contributed by atoms with E-state index in [9.17, 15) is 9.59 Å². The van der Waals surface area contributed by atoms with Gasteiger partial charge in [0.2, 0.25) is 5.43 Å². The third-order valence-electron chi connectivity index (χ3n) is 4.31. The van der Waals surface area contributed by atoms with Crippen molar-refractivity contribution >= 4 is 16.9 Å². The standard InChI is InChI=1S/C20H20N2O4/c1-4-26-20(24)18-13(2)22(12-14-5-7-15(25-3)8-6-14)17-9-10-21-11-16(17)19(18)23/h5-11H,4,12H2,1-3H3. The van der Waals surface area contributed by atoms with Crippen LogP contribution in [0, 0.1) is 6.92 Å². The van der Waals surface area contributed by atoms with Gasteiger partial charge in [0.25, 0.3) is 0 Å². The highest BCUT2D eigenvalue weighted by molar-refractivity contribution is 5.95. The maximum Gasteiger partial charge on any atom is 0.343 e. The number of benzene rings is 1. The molecule has 0 unspecified atom stereocenters. The minimum atomic E-state index is -0.607. The molecule has 0 spiro atoms. The lowest BCUT2D eigenvalue weighted by Crippen LogP contribution is -2.24. The van der Waals surface area contributed by atoms with Crippen LogP contribution in [0.1, 0.15) is 28.5 Å². The summed E-state index contributed by atoms with van der Waals surface area (Å²) in [6.07, 6.45) is 3.13. The number of ether oxygens (including phenoxy) is 2. The number of hydrogen-bond acceptors (Lipinski definition) is 5. The van der Waals surface area contributed by atoms with Gasteiger partial charge in [0, 0.05) is 24.6 Å². The fourth-order valence-electron chi connectivity index (χ4n) is 2.97. The Kier molecular flexibility index (Phi) is 5.02. The van der Waals surface area contributed by atoms with E-state index in [1.165, 1.54) is 6.20 Å². The lowest BCUT2D eigenvalue weighted by molar-refractivity contribution is 0.0523. The molecule has 26 heavy (non-hydrogen) atoms. The Balaban J connectivity index is 2.19. The van der Waals surface area contributed by atoms with E-state index in [-0.39, 0.29) is 17.6 Å². The second kappa shape index (κ2) is 7.39. The van der Waals surface area contributed by atoms with Gasteiger partial charge in [-0.05, 0) is 37.6 Å². The van der Waals surface area contributed by atoms with E-state index in [0.29, 0.717) is 17.6 Å². The summed E-state index contributed by atoms with van der Waals surface area (Å²) in [4.78, 5) is 29.2. The van der Waals surface area contributed by atoms with Gasteiger partial charge in [0.15, 0.2) is 0 Å². The number of esters is 1. The number of rotatable bonds is 5. The summed E-state index contributed by atoms with van der Waals surface area (Å²) in [6, 6.07) is 9.44. The van der Waals surface area contributed by atoms with Gasteiger partial charge in [-0.2, -0.15) is 0 Å². The zero-order chi connectivity index (χ0) is 18.7. The monoisotopic (exact) mass is 352 g/mol. The van der Waals surface area contributed by atoms with Gasteiger partial charge in [0.05, 0.1) is 24.6 Å². The van der Waals surface area contributed by atoms with Crippen LogP contribution in [0.4, 0.5) is 0 Å². The van der Waals surface area contributed by atoms with Crippen molar-refractivity contribution in [2.75, 3.05) is 13.7 Å². The topological polar surface area (TPSA) is 70.4 Å². The maximum absolute atomic E-state index is 12.8. The van der Waals surface area contributed by atoms with Crippen LogP contribution in [0.15, 0.2) is 47.5 Å². The summed E-state index contributed by atoms with van der Waals surface area (Å²) in [6.45, 7) is 4.19. The number of carbonyl (C=O) groups is 1. The summed E-state index contributed by atoms with van der Waals surface area (Å²) in [5.74, 6) is 0.163. The summed E-state index contributed by atoms with van der Waals surface area (Å²) in [5.41, 5.74) is 2.02. The number of nitrogens with zero attached hydrogens (tertiary/aromatic N) is 2. The van der Waals surface area contributed by atoms with Crippen LogP contribution in [0.3, 0.4) is 0 Å². The summed E-state index contributed by atoms with van der Waals surface area (Å²) < 4.78 is 12.2. The van der Waals surface area contributed by atoms with Gasteiger partial charge < -0.3 is 14.0 Å². The fraction of sp³-hybridized carbons (Fsp3) is 0.250. The SMILES string of the molecule is CCOC(=O)c1c(C)n(Cc2ccc(OC)cc2)c2ccncc2c1=O. The van der Waals surface area contributed by atoms with Gasteiger partial charge in [0.1, 0.15) is 11.3 Å². The second-order valence-corrected chi connectivity index (χ2v) is 5.84. The molecule has 0 saturated carbocycles. The summed E-state index contributed by atoms with van der Waals surface area (Å²) >= 11 is 0. The molecule has 0 fully saturated rings. The van der Waals surface area contributed by atoms with Gasteiger partial charge in [-0.3, -0.25) is 9.78 Å². The molecule has 0 N–H and O–H groups in total. The lowest BCUT2D eigenvalue weighted by Gasteiger charge is -2.17. The highest BCUT2D eigenvalue weighted by atomic mass is 16.5. The number of hydrogen-bond donors (Lipinski definition) is 0. The normalized spacial score (nSPS) is 10.7. The van der Waals surface area contributed by atoms with Crippen molar-refractivity contribution in [3.63, 3.8) is 0 Å². The average Bonchev–Trinajstić information content (AvgIpc) is 2.66. The first-order chi connectivity index (χ1) is 12.6. The minimum absolute atomic E-state index is 0.0564. The van der Waals surface area contributed by atoms with Crippen molar-refractivity contribution in [2.24, 2.45) is 0 Å². The summed E-state index contributed by atoms with van der Waals surface area (Å²) in [5, 5.41) is 0.398. The minimum Gasteiger partial charge on any atom is -0.497 e. The van der Waals surface area contributed by atoms with E-state index in [0.717, 1.165) is 16.8 Å². The smallest absolute Gasteiger partial charge is 0.343 e. The zero-order valence-electron chi connectivity index (χ0n) is 15.0. The van der Waals surface area contributed by atoms with Crippen LogP contribution in [-0.2, 0) is 11.3 Å². The molecule has 0 aliphatic heterocycles. The maximum atomic E-state index is 12.8. The van der Waals surface area contributed by atoms with Gasteiger partial charge in [-0.15, -0.1) is 0 Å². The van der Waals surface area contributed by atoms with E-state index in [2.05, 4.69) is 4.98 Å². The van der Waals surface area contributed by atoms with Crippen LogP contribution < -0.4 is 10.2 Å². The molecule has 3 aromatic rings. The first-order valence-electron chi connectivity index (χ1n) is 8.34. The highest BCUT2D eigenvalue weighted by Gasteiger charge is 2.21. The highest BCUT2D eigenvalue weighted by Crippen LogP contribution is 2.19. The molecule has 0 bridgehead atoms. The second-order valence-electron chi connectivity index (χ2n) is 5.84. The molecule has 1 aromatic carbocycles. The molecule has 2 heterocycles. The number of carbonyl (C=O) groups excluding carboxylic acids is 1. The van der Waals surface area contributed by atoms with Crippen molar-refractivity contribution in [3.05, 3.63) is 69.8 Å². The van der Waals surface area contributed by atoms with Crippen molar-refractivity contribution in [2.45, 2.75) is 20.4 Å². The van der Waals surface area contributed by atoms with E-state index in [1.807, 2.05) is 28.8 Å². The third-order valence-corrected chi connectivity index (χ3v) is 4.31. The van der Waals surface area contributed by atoms with Crippen molar-refractivity contribution in [1.82, 2.24) is 9.55 Å². The van der Waals surface area contributed by atoms with E-state index >= 15 is 0 Å². The average molecular weight is 352 g/mol. The Morgan fingerprint density at radius 1 is 1.19 bits per heavy atom. The van der Waals surface area contributed by atoms with Crippen molar-refractivity contribution in [1.29, 1.82) is 0 Å². The Morgan fingerprint density at radius 2 is 1.92 bits per heavy atom. The Bertz CT molecular complexity index is 1010. The molecule has 6 heteroatoms. The van der Waals surface area contributed by atoms with Crippen LogP contribution in [-0.4, -0.2) is 29.2 Å². The first kappa shape index (κ1) is 17.7. The molecule has 0 saturated heterocycles. The Morgan fingerprint density at radius 3 is 2.58 bits per heavy atom. The predicted octanol–water partition coefficient (Wildman–Crippen LogP) is 2.94. The first-order valence-corrected chi connectivity index (χ1v) is 8.34. The largest absolute Gasteiger partial charge is 0.497 e. The Labute approximate surface area is 151 Å². The van der Waals surface area contributed by atoms with Crippen LogP contribution in [0.2, 0.25) is 0 Å². The number of fused-ring (bicyclic) bond motifs is 1. The number of methoxy groups -OCH3 is 1. The van der Waals surface area contributed by atoms with Crippen LogP contribution in [0.5, 0.6) is 5.75 Å². The van der Waals surface area contributed by atoms with Crippen molar-refractivity contribution in [3.8, 4) is 5.75 Å². The predicted molar refractivity (Wildman–Crippen MR) is 98.8 cm³/mol. The lowest BCUT2D eigenvalue weighted by atomic mass is 10.1. The molecular weight excluding hydrogens is 332 g/mol. The zero-order valence-corrected chi connectivity index (χ0v) is 15.0. The van der Waals surface area contributed by atoms with Gasteiger partial charge in [-0.25, -0.2) is 4.79 Å². The molecule has 0 amide bonds. The fourth-order valence-corrected chi connectivity index (χ4v) is 2.97. The molecular formula is C20H20N2O4. The quantitative estimate of drug-likeness (QED) is 0.660. The van der Waals surface area contributed by atoms with E-state index in [1.54, 1.807) is 33.2 Å². The van der Waals surface area contributed by atoms with E-state index in [4.69, 9.17) is 9.47 Å². The van der Waals surface area contributed by atoms with Crippen molar-refractivity contribution < 1.29 is 14.3 Å². The van der Waals surface area contributed by atoms with Crippen LogP contribution in [0.25, 0.3) is 10.9 Å². The van der Waals surface area contributed by atoms with Gasteiger partial charge >= 0.3 is 5.97 Å². The molecule has 0 atom stereocenters. The van der Waals surface area contributed by atoms with Crippen LogP contribution >= 0.6 is 0 Å². The summed E-state index contributed by atoms with van der Waals surface area (Å²) in [7, 11) is 1.62. The molecule has 3 rings (SSSR count). The molecule has 0 radical (unpaired) electrons. The molecule has 6 nitrogen and oxygen atoms in total. The third kappa shape index (κ3) is 3.18. The molecule has 2 aromatic heterocycles. The molecule has 0 aliphatic carbocycles. The molecule has 134 valence electrons.